The fourth-order valence-electron chi connectivity index (χ4n) is 3.31. The Kier molecular flexibility index (Phi) is 5.80. The fraction of sp³-hybridized carbons (Fsp3) is 0.200. The number of para-hydroxylation sites is 3. The Hall–Kier alpha value is -3.60. The molecule has 0 aliphatic rings. The largest absolute Gasteiger partial charge is 0.483 e. The third-order valence-electron chi connectivity index (χ3n) is 5.11. The highest BCUT2D eigenvalue weighted by Gasteiger charge is 2.12. The zero-order valence-electron chi connectivity index (χ0n) is 17.1. The molecule has 4 rings (SSSR count). The molecule has 0 aliphatic carbocycles. The molecule has 30 heavy (non-hydrogen) atoms. The number of hydrogen-bond donors (Lipinski definition) is 1. The SMILES string of the molecule is CC[C@H](C)c1ccccc1OCC(=O)Nc1cccc(-c2nc3ccccc3o2)c1. The van der Waals surface area contributed by atoms with Crippen molar-refractivity contribution < 1.29 is 13.9 Å². The molecule has 1 heterocycles. The van der Waals surface area contributed by atoms with Gasteiger partial charge in [0.05, 0.1) is 0 Å². The number of hydrogen-bond acceptors (Lipinski definition) is 4. The number of benzene rings is 3. The minimum Gasteiger partial charge on any atom is -0.483 e. The average Bonchev–Trinajstić information content (AvgIpc) is 3.22. The normalized spacial score (nSPS) is 11.9. The van der Waals surface area contributed by atoms with Gasteiger partial charge in [-0.1, -0.05) is 50.2 Å². The number of aromatic nitrogens is 1. The van der Waals surface area contributed by atoms with E-state index in [2.05, 4.69) is 24.1 Å². The lowest BCUT2D eigenvalue weighted by Gasteiger charge is -2.15. The summed E-state index contributed by atoms with van der Waals surface area (Å²) in [4.78, 5) is 17.0. The first-order valence-electron chi connectivity index (χ1n) is 10.1. The number of carbonyl (C=O) groups excluding carboxylic acids is 1. The predicted molar refractivity (Wildman–Crippen MR) is 119 cm³/mol. The van der Waals surface area contributed by atoms with E-state index in [9.17, 15) is 4.79 Å². The van der Waals surface area contributed by atoms with Crippen LogP contribution in [-0.4, -0.2) is 17.5 Å². The lowest BCUT2D eigenvalue weighted by molar-refractivity contribution is -0.118. The molecule has 0 aliphatic heterocycles. The first-order valence-corrected chi connectivity index (χ1v) is 10.1. The topological polar surface area (TPSA) is 64.4 Å². The van der Waals surface area contributed by atoms with Gasteiger partial charge >= 0.3 is 0 Å². The van der Waals surface area contributed by atoms with Crippen molar-refractivity contribution in [3.63, 3.8) is 0 Å². The highest BCUT2D eigenvalue weighted by Crippen LogP contribution is 2.29. The van der Waals surface area contributed by atoms with Crippen molar-refractivity contribution in [1.29, 1.82) is 0 Å². The van der Waals surface area contributed by atoms with Gasteiger partial charge in [-0.2, -0.15) is 0 Å². The third kappa shape index (κ3) is 4.35. The molecular formula is C25H24N2O3. The predicted octanol–water partition coefficient (Wildman–Crippen LogP) is 6.03. The van der Waals surface area contributed by atoms with E-state index in [0.717, 1.165) is 34.4 Å². The number of ether oxygens (including phenoxy) is 1. The molecule has 1 N–H and O–H groups in total. The van der Waals surface area contributed by atoms with Crippen LogP contribution >= 0.6 is 0 Å². The Morgan fingerprint density at radius 2 is 1.87 bits per heavy atom. The van der Waals surface area contributed by atoms with Crippen molar-refractivity contribution in [2.45, 2.75) is 26.2 Å². The van der Waals surface area contributed by atoms with Crippen LogP contribution in [0.5, 0.6) is 5.75 Å². The van der Waals surface area contributed by atoms with Gasteiger partial charge in [-0.15, -0.1) is 0 Å². The zero-order chi connectivity index (χ0) is 20.9. The molecule has 0 unspecified atom stereocenters. The highest BCUT2D eigenvalue weighted by atomic mass is 16.5. The van der Waals surface area contributed by atoms with Crippen molar-refractivity contribution in [3.05, 3.63) is 78.4 Å². The van der Waals surface area contributed by atoms with E-state index in [1.807, 2.05) is 72.8 Å². The third-order valence-corrected chi connectivity index (χ3v) is 5.11. The van der Waals surface area contributed by atoms with Crippen LogP contribution in [0, 0.1) is 0 Å². The molecule has 5 heteroatoms. The summed E-state index contributed by atoms with van der Waals surface area (Å²) in [5, 5.41) is 2.89. The summed E-state index contributed by atoms with van der Waals surface area (Å²) in [5.74, 6) is 1.43. The second kappa shape index (κ2) is 8.82. The molecule has 152 valence electrons. The van der Waals surface area contributed by atoms with Crippen LogP contribution < -0.4 is 10.1 Å². The van der Waals surface area contributed by atoms with E-state index in [1.165, 1.54) is 0 Å². The summed E-state index contributed by atoms with van der Waals surface area (Å²) in [7, 11) is 0. The monoisotopic (exact) mass is 400 g/mol. The van der Waals surface area contributed by atoms with Gasteiger partial charge in [-0.25, -0.2) is 4.98 Å². The molecule has 0 saturated heterocycles. The van der Waals surface area contributed by atoms with Gasteiger partial charge in [0.15, 0.2) is 12.2 Å². The van der Waals surface area contributed by atoms with Gasteiger partial charge in [0.25, 0.3) is 5.91 Å². The van der Waals surface area contributed by atoms with E-state index in [-0.39, 0.29) is 12.5 Å². The van der Waals surface area contributed by atoms with Crippen molar-refractivity contribution in [1.82, 2.24) is 4.98 Å². The molecule has 1 amide bonds. The molecule has 1 atom stereocenters. The molecule has 0 spiro atoms. The van der Waals surface area contributed by atoms with Gasteiger partial charge < -0.3 is 14.5 Å². The van der Waals surface area contributed by atoms with Gasteiger partial charge in [-0.05, 0) is 54.3 Å². The van der Waals surface area contributed by atoms with E-state index >= 15 is 0 Å². The van der Waals surface area contributed by atoms with E-state index < -0.39 is 0 Å². The number of anilines is 1. The number of rotatable bonds is 7. The molecule has 5 nitrogen and oxygen atoms in total. The number of nitrogens with zero attached hydrogens (tertiary/aromatic N) is 1. The van der Waals surface area contributed by atoms with Crippen molar-refractivity contribution in [2.75, 3.05) is 11.9 Å². The molecule has 1 aromatic heterocycles. The first-order chi connectivity index (χ1) is 14.6. The van der Waals surface area contributed by atoms with Crippen LogP contribution in [0.4, 0.5) is 5.69 Å². The van der Waals surface area contributed by atoms with E-state index in [4.69, 9.17) is 9.15 Å². The highest BCUT2D eigenvalue weighted by molar-refractivity contribution is 5.92. The second-order valence-electron chi connectivity index (χ2n) is 7.25. The lowest BCUT2D eigenvalue weighted by atomic mass is 9.98. The Morgan fingerprint density at radius 1 is 1.07 bits per heavy atom. The maximum atomic E-state index is 12.4. The summed E-state index contributed by atoms with van der Waals surface area (Å²) in [6.07, 6.45) is 1.01. The van der Waals surface area contributed by atoms with Crippen LogP contribution in [0.3, 0.4) is 0 Å². The summed E-state index contributed by atoms with van der Waals surface area (Å²) in [6.45, 7) is 4.23. The molecule has 0 fully saturated rings. The summed E-state index contributed by atoms with van der Waals surface area (Å²) >= 11 is 0. The quantitative estimate of drug-likeness (QED) is 0.412. The average molecular weight is 400 g/mol. The second-order valence-corrected chi connectivity index (χ2v) is 7.25. The maximum Gasteiger partial charge on any atom is 0.262 e. The number of fused-ring (bicyclic) bond motifs is 1. The van der Waals surface area contributed by atoms with Crippen LogP contribution in [0.1, 0.15) is 31.7 Å². The molecule has 0 bridgehead atoms. The Balaban J connectivity index is 1.44. The molecular weight excluding hydrogens is 376 g/mol. The summed E-state index contributed by atoms with van der Waals surface area (Å²) < 4.78 is 11.6. The standard InChI is InChI=1S/C25H24N2O3/c1-3-17(2)20-11-4-6-13-22(20)29-16-24(28)26-19-10-8-9-18(15-19)25-27-21-12-5-7-14-23(21)30-25/h4-15,17H,3,16H2,1-2H3,(H,26,28)/t17-/m0/s1. The number of oxazole rings is 1. The van der Waals surface area contributed by atoms with Crippen molar-refractivity contribution >= 4 is 22.7 Å². The van der Waals surface area contributed by atoms with Gasteiger partial charge in [0.1, 0.15) is 11.3 Å². The number of amides is 1. The lowest BCUT2D eigenvalue weighted by Crippen LogP contribution is -2.20. The van der Waals surface area contributed by atoms with E-state index in [1.54, 1.807) is 0 Å². The minimum atomic E-state index is -0.219. The zero-order valence-corrected chi connectivity index (χ0v) is 17.1. The Bertz CT molecular complexity index is 1130. The van der Waals surface area contributed by atoms with E-state index in [0.29, 0.717) is 17.5 Å². The fourth-order valence-corrected chi connectivity index (χ4v) is 3.31. The smallest absolute Gasteiger partial charge is 0.262 e. The molecule has 4 aromatic rings. The number of carbonyl (C=O) groups is 1. The van der Waals surface area contributed by atoms with Crippen LogP contribution in [-0.2, 0) is 4.79 Å². The van der Waals surface area contributed by atoms with Crippen LogP contribution in [0.2, 0.25) is 0 Å². The van der Waals surface area contributed by atoms with Crippen LogP contribution in [0.25, 0.3) is 22.6 Å². The molecule has 3 aromatic carbocycles. The summed E-state index contributed by atoms with van der Waals surface area (Å²) in [5.41, 5.74) is 4.11. The number of nitrogens with one attached hydrogen (secondary N) is 1. The van der Waals surface area contributed by atoms with Crippen LogP contribution in [0.15, 0.2) is 77.2 Å². The van der Waals surface area contributed by atoms with Gasteiger partial charge in [0, 0.05) is 11.3 Å². The van der Waals surface area contributed by atoms with Gasteiger partial charge in [0.2, 0.25) is 5.89 Å². The van der Waals surface area contributed by atoms with Gasteiger partial charge in [-0.3, -0.25) is 4.79 Å². The van der Waals surface area contributed by atoms with Crippen molar-refractivity contribution in [2.24, 2.45) is 0 Å². The summed E-state index contributed by atoms with van der Waals surface area (Å²) in [6, 6.07) is 22.9. The molecule has 0 radical (unpaired) electrons. The minimum absolute atomic E-state index is 0.0550. The Morgan fingerprint density at radius 3 is 2.70 bits per heavy atom. The van der Waals surface area contributed by atoms with Crippen molar-refractivity contribution in [3.8, 4) is 17.2 Å². The molecule has 0 saturated carbocycles. The maximum absolute atomic E-state index is 12.4. The Labute approximate surface area is 175 Å². The first kappa shape index (κ1) is 19.7.